The molecular formula is C19H26N4O. The van der Waals surface area contributed by atoms with E-state index in [0.29, 0.717) is 13.2 Å². The van der Waals surface area contributed by atoms with Crippen LogP contribution < -0.4 is 10.1 Å². The van der Waals surface area contributed by atoms with Crippen LogP contribution in [0.4, 0.5) is 0 Å². The van der Waals surface area contributed by atoms with Gasteiger partial charge in [0.1, 0.15) is 12.4 Å². The Hall–Kier alpha value is -2.56. The third-order valence-electron chi connectivity index (χ3n) is 3.62. The van der Waals surface area contributed by atoms with Crippen LogP contribution in [0.5, 0.6) is 5.75 Å². The van der Waals surface area contributed by atoms with E-state index in [1.165, 1.54) is 11.1 Å². The van der Waals surface area contributed by atoms with Crippen LogP contribution in [0.2, 0.25) is 0 Å². The Bertz CT molecular complexity index is 643. The number of ether oxygens (including phenoxy) is 1. The maximum Gasteiger partial charge on any atom is 0.194 e. The number of aromatic nitrogens is 1. The van der Waals surface area contributed by atoms with E-state index >= 15 is 0 Å². The number of guanidine groups is 1. The van der Waals surface area contributed by atoms with Gasteiger partial charge in [0.2, 0.25) is 0 Å². The molecule has 0 amide bonds. The fraction of sp³-hybridized carbons (Fsp3) is 0.368. The molecule has 0 spiro atoms. The summed E-state index contributed by atoms with van der Waals surface area (Å²) in [6.45, 7) is 6.98. The van der Waals surface area contributed by atoms with Crippen molar-refractivity contribution in [2.45, 2.75) is 20.4 Å². The number of benzene rings is 1. The van der Waals surface area contributed by atoms with Gasteiger partial charge in [-0.2, -0.15) is 0 Å². The minimum absolute atomic E-state index is 0.527. The summed E-state index contributed by atoms with van der Waals surface area (Å²) in [6, 6.07) is 12.2. The van der Waals surface area contributed by atoms with E-state index in [1.54, 1.807) is 12.4 Å². The Balaban J connectivity index is 1.90. The van der Waals surface area contributed by atoms with Crippen LogP contribution in [0.3, 0.4) is 0 Å². The number of nitrogens with zero attached hydrogens (tertiary/aromatic N) is 3. The van der Waals surface area contributed by atoms with Crippen LogP contribution in [0.15, 0.2) is 53.8 Å². The predicted octanol–water partition coefficient (Wildman–Crippen LogP) is 2.87. The molecule has 2 aromatic rings. The van der Waals surface area contributed by atoms with Gasteiger partial charge in [0.15, 0.2) is 5.96 Å². The van der Waals surface area contributed by atoms with Crippen molar-refractivity contribution in [1.29, 1.82) is 0 Å². The summed E-state index contributed by atoms with van der Waals surface area (Å²) in [5, 5.41) is 3.33. The van der Waals surface area contributed by atoms with Gasteiger partial charge < -0.3 is 15.0 Å². The lowest BCUT2D eigenvalue weighted by atomic mass is 10.1. The SMILES string of the molecule is CCNC(=NCCOc1cccnc1)N(C)Cc1ccccc1C. The van der Waals surface area contributed by atoms with E-state index < -0.39 is 0 Å². The van der Waals surface area contributed by atoms with E-state index in [-0.39, 0.29) is 0 Å². The first kappa shape index (κ1) is 17.8. The van der Waals surface area contributed by atoms with E-state index in [1.807, 2.05) is 12.1 Å². The molecule has 2 rings (SSSR count). The van der Waals surface area contributed by atoms with E-state index in [2.05, 4.69) is 65.4 Å². The van der Waals surface area contributed by atoms with Gasteiger partial charge in [-0.05, 0) is 37.1 Å². The Morgan fingerprint density at radius 3 is 2.79 bits per heavy atom. The molecule has 1 heterocycles. The van der Waals surface area contributed by atoms with Crippen molar-refractivity contribution in [2.24, 2.45) is 4.99 Å². The minimum Gasteiger partial charge on any atom is -0.490 e. The minimum atomic E-state index is 0.527. The lowest BCUT2D eigenvalue weighted by Crippen LogP contribution is -2.38. The molecule has 0 radical (unpaired) electrons. The number of pyridine rings is 1. The highest BCUT2D eigenvalue weighted by molar-refractivity contribution is 5.79. The van der Waals surface area contributed by atoms with Crippen molar-refractivity contribution in [3.05, 3.63) is 59.9 Å². The average molecular weight is 326 g/mol. The normalized spacial score (nSPS) is 11.2. The molecule has 1 aromatic heterocycles. The van der Waals surface area contributed by atoms with Crippen molar-refractivity contribution in [3.63, 3.8) is 0 Å². The number of rotatable bonds is 7. The van der Waals surface area contributed by atoms with Gasteiger partial charge in [-0.1, -0.05) is 24.3 Å². The monoisotopic (exact) mass is 326 g/mol. The van der Waals surface area contributed by atoms with E-state index in [0.717, 1.165) is 24.8 Å². The molecule has 0 unspecified atom stereocenters. The summed E-state index contributed by atoms with van der Waals surface area (Å²) >= 11 is 0. The molecule has 128 valence electrons. The lowest BCUT2D eigenvalue weighted by molar-refractivity contribution is 0.326. The first-order chi connectivity index (χ1) is 11.7. The molecule has 0 aliphatic carbocycles. The summed E-state index contributed by atoms with van der Waals surface area (Å²) in [6.07, 6.45) is 3.44. The second-order valence-corrected chi connectivity index (χ2v) is 5.56. The molecule has 0 fully saturated rings. The molecule has 5 nitrogen and oxygen atoms in total. The Labute approximate surface area is 144 Å². The summed E-state index contributed by atoms with van der Waals surface area (Å²) in [5.74, 6) is 1.65. The number of hydrogen-bond donors (Lipinski definition) is 1. The molecular weight excluding hydrogens is 300 g/mol. The van der Waals surface area contributed by atoms with Crippen molar-refractivity contribution >= 4 is 5.96 Å². The smallest absolute Gasteiger partial charge is 0.194 e. The molecule has 0 atom stereocenters. The summed E-state index contributed by atoms with van der Waals surface area (Å²) in [5.41, 5.74) is 2.59. The summed E-state index contributed by atoms with van der Waals surface area (Å²) < 4.78 is 5.64. The van der Waals surface area contributed by atoms with Gasteiger partial charge in [-0.15, -0.1) is 0 Å². The van der Waals surface area contributed by atoms with Gasteiger partial charge in [0.25, 0.3) is 0 Å². The van der Waals surface area contributed by atoms with Crippen LogP contribution >= 0.6 is 0 Å². The van der Waals surface area contributed by atoms with E-state index in [4.69, 9.17) is 4.74 Å². The molecule has 0 saturated heterocycles. The highest BCUT2D eigenvalue weighted by Crippen LogP contribution is 2.09. The molecule has 0 aliphatic rings. The van der Waals surface area contributed by atoms with Crippen molar-refractivity contribution in [3.8, 4) is 5.75 Å². The zero-order chi connectivity index (χ0) is 17.2. The number of aryl methyl sites for hydroxylation is 1. The zero-order valence-corrected chi connectivity index (χ0v) is 14.7. The zero-order valence-electron chi connectivity index (χ0n) is 14.7. The average Bonchev–Trinajstić information content (AvgIpc) is 2.60. The Morgan fingerprint density at radius 2 is 2.08 bits per heavy atom. The largest absolute Gasteiger partial charge is 0.490 e. The second kappa shape index (κ2) is 9.55. The standard InChI is InChI=1S/C19H26N4O/c1-4-21-19(22-12-13-24-18-10-7-11-20-14-18)23(3)15-17-9-6-5-8-16(17)2/h5-11,14H,4,12-13,15H2,1-3H3,(H,21,22). The Morgan fingerprint density at radius 1 is 1.25 bits per heavy atom. The van der Waals surface area contributed by atoms with Gasteiger partial charge >= 0.3 is 0 Å². The summed E-state index contributed by atoms with van der Waals surface area (Å²) in [4.78, 5) is 10.8. The first-order valence-corrected chi connectivity index (χ1v) is 8.27. The molecule has 0 bridgehead atoms. The molecule has 1 N–H and O–H groups in total. The number of nitrogens with one attached hydrogen (secondary N) is 1. The fourth-order valence-corrected chi connectivity index (χ4v) is 2.34. The number of hydrogen-bond acceptors (Lipinski definition) is 3. The molecule has 0 saturated carbocycles. The van der Waals surface area contributed by atoms with Crippen molar-refractivity contribution in [2.75, 3.05) is 26.7 Å². The molecule has 0 aliphatic heterocycles. The summed E-state index contributed by atoms with van der Waals surface area (Å²) in [7, 11) is 2.05. The Kier molecular flexibility index (Phi) is 7.08. The molecule has 24 heavy (non-hydrogen) atoms. The third kappa shape index (κ3) is 5.57. The van der Waals surface area contributed by atoms with Crippen LogP contribution in [-0.2, 0) is 6.54 Å². The van der Waals surface area contributed by atoms with Crippen molar-refractivity contribution < 1.29 is 4.74 Å². The van der Waals surface area contributed by atoms with Gasteiger partial charge in [-0.3, -0.25) is 4.98 Å². The quantitative estimate of drug-likeness (QED) is 0.483. The fourth-order valence-electron chi connectivity index (χ4n) is 2.34. The topological polar surface area (TPSA) is 49.8 Å². The van der Waals surface area contributed by atoms with Gasteiger partial charge in [-0.25, -0.2) is 4.99 Å². The second-order valence-electron chi connectivity index (χ2n) is 5.56. The van der Waals surface area contributed by atoms with Crippen LogP contribution in [0.1, 0.15) is 18.1 Å². The van der Waals surface area contributed by atoms with Crippen LogP contribution in [-0.4, -0.2) is 42.6 Å². The van der Waals surface area contributed by atoms with Gasteiger partial charge in [0.05, 0.1) is 12.7 Å². The maximum atomic E-state index is 5.64. The first-order valence-electron chi connectivity index (χ1n) is 8.27. The molecule has 5 heteroatoms. The highest BCUT2D eigenvalue weighted by atomic mass is 16.5. The maximum absolute atomic E-state index is 5.64. The lowest BCUT2D eigenvalue weighted by Gasteiger charge is -2.23. The van der Waals surface area contributed by atoms with Crippen LogP contribution in [0.25, 0.3) is 0 Å². The van der Waals surface area contributed by atoms with Crippen molar-refractivity contribution in [1.82, 2.24) is 15.2 Å². The van der Waals surface area contributed by atoms with Gasteiger partial charge in [0, 0.05) is 26.3 Å². The predicted molar refractivity (Wildman–Crippen MR) is 98.4 cm³/mol. The highest BCUT2D eigenvalue weighted by Gasteiger charge is 2.07. The third-order valence-corrected chi connectivity index (χ3v) is 3.62. The number of aliphatic imine (C=N–C) groups is 1. The van der Waals surface area contributed by atoms with Crippen LogP contribution in [0, 0.1) is 6.92 Å². The van der Waals surface area contributed by atoms with E-state index in [9.17, 15) is 0 Å². The molecule has 1 aromatic carbocycles.